The number of hydrogen-bond acceptors (Lipinski definition) is 6. The van der Waals surface area contributed by atoms with Crippen LogP contribution in [0.3, 0.4) is 0 Å². The molecule has 8 nitrogen and oxygen atoms in total. The van der Waals surface area contributed by atoms with Crippen LogP contribution in [0, 0.1) is 10.1 Å². The van der Waals surface area contributed by atoms with Crippen molar-refractivity contribution in [3.8, 4) is 5.75 Å². The molecule has 0 aliphatic carbocycles. The molecule has 11 heteroatoms. The largest absolute Gasteiger partial charge is 0.488 e. The lowest BCUT2D eigenvalue weighted by atomic mass is 10.2. The highest BCUT2D eigenvalue weighted by Crippen LogP contribution is 2.27. The van der Waals surface area contributed by atoms with Crippen molar-refractivity contribution in [2.75, 3.05) is 0 Å². The average molecular weight is 679 g/mol. The molecule has 0 atom stereocenters. The molecule has 0 aliphatic heterocycles. The van der Waals surface area contributed by atoms with E-state index in [-0.39, 0.29) is 23.8 Å². The second kappa shape index (κ2) is 11.0. The van der Waals surface area contributed by atoms with Gasteiger partial charge in [0, 0.05) is 42.6 Å². The molecule has 1 aromatic heterocycles. The maximum Gasteiger partial charge on any atom is 0.282 e. The number of ether oxygens (including phenoxy) is 1. The molecule has 0 bridgehead atoms. The van der Waals surface area contributed by atoms with E-state index in [1.54, 1.807) is 12.1 Å². The van der Waals surface area contributed by atoms with E-state index in [1.165, 1.54) is 29.1 Å². The van der Waals surface area contributed by atoms with Crippen molar-refractivity contribution in [1.29, 1.82) is 0 Å². The normalized spacial score (nSPS) is 11.5. The maximum absolute atomic E-state index is 13.3. The minimum atomic E-state index is -0.493. The lowest BCUT2D eigenvalue weighted by Gasteiger charge is -2.13. The van der Waals surface area contributed by atoms with Crippen molar-refractivity contribution in [3.05, 3.63) is 105 Å². The van der Waals surface area contributed by atoms with E-state index in [0.29, 0.717) is 28.0 Å². The van der Waals surface area contributed by atoms with Crippen molar-refractivity contribution in [2.45, 2.75) is 26.4 Å². The molecule has 4 aromatic rings. The summed E-state index contributed by atoms with van der Waals surface area (Å²) in [6, 6.07) is 15.2. The first-order valence-corrected chi connectivity index (χ1v) is 13.1. The average Bonchev–Trinajstić information content (AvgIpc) is 2.83. The summed E-state index contributed by atoms with van der Waals surface area (Å²) in [5.41, 5.74) is 1.35. The minimum Gasteiger partial charge on any atom is -0.488 e. The van der Waals surface area contributed by atoms with E-state index in [0.717, 1.165) is 19.0 Å². The van der Waals surface area contributed by atoms with Crippen molar-refractivity contribution in [3.63, 3.8) is 0 Å². The lowest BCUT2D eigenvalue weighted by Crippen LogP contribution is -2.23. The second-order valence-corrected chi connectivity index (χ2v) is 10.8. The van der Waals surface area contributed by atoms with Crippen LogP contribution in [0.2, 0.25) is 0 Å². The number of nitro groups is 1. The Hall–Kier alpha value is -2.89. The van der Waals surface area contributed by atoms with Gasteiger partial charge in [0.25, 0.3) is 11.2 Å². The highest BCUT2D eigenvalue weighted by Gasteiger charge is 2.15. The number of nitrogens with zero attached hydrogens (tertiary/aromatic N) is 4. The number of rotatable bonds is 7. The van der Waals surface area contributed by atoms with Gasteiger partial charge in [0.05, 0.1) is 22.0 Å². The van der Waals surface area contributed by atoms with Gasteiger partial charge in [-0.15, -0.1) is 0 Å². The molecule has 0 N–H and O–H groups in total. The van der Waals surface area contributed by atoms with Crippen molar-refractivity contribution in [2.24, 2.45) is 5.10 Å². The quantitative estimate of drug-likeness (QED) is 0.117. The summed E-state index contributed by atoms with van der Waals surface area (Å²) in [5.74, 6) is 0.756. The monoisotopic (exact) mass is 676 g/mol. The smallest absolute Gasteiger partial charge is 0.282 e. The SMILES string of the molecule is CC(C)c1nc2ccc(Br)cc2c(=O)n1N=Cc1cc([N+](=O)[O-])ccc1OCc1ccc(Br)cc1Br. The van der Waals surface area contributed by atoms with Gasteiger partial charge in [0.2, 0.25) is 0 Å². The van der Waals surface area contributed by atoms with Gasteiger partial charge in [-0.2, -0.15) is 9.78 Å². The fourth-order valence-electron chi connectivity index (χ4n) is 3.45. The zero-order valence-electron chi connectivity index (χ0n) is 19.1. The summed E-state index contributed by atoms with van der Waals surface area (Å²) >= 11 is 10.3. The molecule has 1 heterocycles. The van der Waals surface area contributed by atoms with Crippen LogP contribution in [0.15, 0.2) is 77.9 Å². The molecule has 0 fully saturated rings. The summed E-state index contributed by atoms with van der Waals surface area (Å²) in [6.07, 6.45) is 1.39. The Kier molecular flexibility index (Phi) is 8.01. The Labute approximate surface area is 231 Å². The van der Waals surface area contributed by atoms with E-state index in [1.807, 2.05) is 38.1 Å². The molecule has 0 spiro atoms. The Morgan fingerprint density at radius 2 is 1.81 bits per heavy atom. The van der Waals surface area contributed by atoms with Crippen molar-refractivity contribution in [1.82, 2.24) is 9.66 Å². The fourth-order valence-corrected chi connectivity index (χ4v) is 4.97. The van der Waals surface area contributed by atoms with Crippen LogP contribution in [0.25, 0.3) is 10.9 Å². The first-order valence-electron chi connectivity index (χ1n) is 10.8. The van der Waals surface area contributed by atoms with Crippen molar-refractivity contribution >= 4 is 70.6 Å². The topological polar surface area (TPSA) is 99.6 Å². The van der Waals surface area contributed by atoms with Crippen LogP contribution in [-0.2, 0) is 6.61 Å². The van der Waals surface area contributed by atoms with Gasteiger partial charge in [-0.1, -0.05) is 67.7 Å². The number of aromatic nitrogens is 2. The Morgan fingerprint density at radius 1 is 1.08 bits per heavy atom. The van der Waals surface area contributed by atoms with Crippen LogP contribution in [0.4, 0.5) is 5.69 Å². The number of hydrogen-bond donors (Lipinski definition) is 0. The first kappa shape index (κ1) is 26.2. The molecule has 0 saturated carbocycles. The molecule has 4 rings (SSSR count). The molecule has 0 radical (unpaired) electrons. The standard InChI is InChI=1S/C25H19Br3N4O4/c1-14(2)24-30-22-7-5-17(26)10-20(22)25(33)31(24)29-12-16-9-19(32(34)35)6-8-23(16)36-13-15-3-4-18(27)11-21(15)28/h3-12,14H,13H2,1-2H3. The molecule has 0 saturated heterocycles. The van der Waals surface area contributed by atoms with Gasteiger partial charge in [-0.3, -0.25) is 14.9 Å². The predicted molar refractivity (Wildman–Crippen MR) is 150 cm³/mol. The molecular formula is C25H19Br3N4O4. The molecular weight excluding hydrogens is 660 g/mol. The van der Waals surface area contributed by atoms with Crippen LogP contribution in [-0.4, -0.2) is 20.8 Å². The highest BCUT2D eigenvalue weighted by atomic mass is 79.9. The van der Waals surface area contributed by atoms with Crippen LogP contribution in [0.5, 0.6) is 5.75 Å². The Bertz CT molecular complexity index is 1570. The third kappa shape index (κ3) is 5.74. The Morgan fingerprint density at radius 3 is 2.50 bits per heavy atom. The first-order chi connectivity index (χ1) is 17.1. The number of benzene rings is 3. The summed E-state index contributed by atoms with van der Waals surface area (Å²) < 4.78 is 9.74. The van der Waals surface area contributed by atoms with E-state index in [4.69, 9.17) is 4.74 Å². The second-order valence-electron chi connectivity index (χ2n) is 8.15. The number of nitro benzene ring substituents is 1. The minimum absolute atomic E-state index is 0.0986. The van der Waals surface area contributed by atoms with E-state index >= 15 is 0 Å². The van der Waals surface area contributed by atoms with Gasteiger partial charge >= 0.3 is 0 Å². The highest BCUT2D eigenvalue weighted by molar-refractivity contribution is 9.11. The van der Waals surface area contributed by atoms with Gasteiger partial charge < -0.3 is 4.74 Å². The van der Waals surface area contributed by atoms with Crippen LogP contribution in [0.1, 0.15) is 36.7 Å². The molecule has 184 valence electrons. The van der Waals surface area contributed by atoms with E-state index in [2.05, 4.69) is 57.9 Å². The van der Waals surface area contributed by atoms with Gasteiger partial charge in [-0.25, -0.2) is 4.98 Å². The van der Waals surface area contributed by atoms with Gasteiger partial charge in [0.1, 0.15) is 18.2 Å². The maximum atomic E-state index is 13.3. The third-order valence-electron chi connectivity index (χ3n) is 5.26. The van der Waals surface area contributed by atoms with Crippen molar-refractivity contribution < 1.29 is 9.66 Å². The number of non-ortho nitro benzene ring substituents is 1. The molecule has 0 aliphatic rings. The van der Waals surface area contributed by atoms with Gasteiger partial charge in [-0.05, 0) is 36.4 Å². The van der Waals surface area contributed by atoms with Crippen LogP contribution >= 0.6 is 47.8 Å². The summed E-state index contributed by atoms with van der Waals surface area (Å²) in [4.78, 5) is 28.9. The number of fused-ring (bicyclic) bond motifs is 1. The summed E-state index contributed by atoms with van der Waals surface area (Å²) in [7, 11) is 0. The predicted octanol–water partition coefficient (Wildman–Crippen LogP) is 7.18. The molecule has 0 unspecified atom stereocenters. The zero-order chi connectivity index (χ0) is 26.0. The third-order valence-corrected chi connectivity index (χ3v) is 6.99. The molecule has 0 amide bonds. The van der Waals surface area contributed by atoms with Crippen LogP contribution < -0.4 is 10.3 Å². The summed E-state index contributed by atoms with van der Waals surface area (Å²) in [5, 5.41) is 16.2. The van der Waals surface area contributed by atoms with E-state index < -0.39 is 4.92 Å². The lowest BCUT2D eigenvalue weighted by molar-refractivity contribution is -0.384. The summed E-state index contributed by atoms with van der Waals surface area (Å²) in [6.45, 7) is 4.04. The molecule has 3 aromatic carbocycles. The Balaban J connectivity index is 1.77. The molecule has 36 heavy (non-hydrogen) atoms. The van der Waals surface area contributed by atoms with Gasteiger partial charge in [0.15, 0.2) is 0 Å². The zero-order valence-corrected chi connectivity index (χ0v) is 23.9. The number of halogens is 3. The van der Waals surface area contributed by atoms with E-state index in [9.17, 15) is 14.9 Å². The fraction of sp³-hybridized carbons (Fsp3) is 0.160.